The molecule has 2 N–H and O–H groups in total. The first-order valence-electron chi connectivity index (χ1n) is 8.12. The minimum absolute atomic E-state index is 0.00846. The van der Waals surface area contributed by atoms with Crippen molar-refractivity contribution in [2.24, 2.45) is 9.98 Å². The van der Waals surface area contributed by atoms with Crippen LogP contribution in [0.1, 0.15) is 33.4 Å². The highest BCUT2D eigenvalue weighted by atomic mass is 19.4. The van der Waals surface area contributed by atoms with Crippen molar-refractivity contribution in [1.82, 2.24) is 0 Å². The van der Waals surface area contributed by atoms with Crippen LogP contribution in [0, 0.1) is 13.8 Å². The maximum absolute atomic E-state index is 12.8. The van der Waals surface area contributed by atoms with Gasteiger partial charge >= 0.3 is 12.4 Å². The van der Waals surface area contributed by atoms with Gasteiger partial charge in [0.1, 0.15) is 18.2 Å². The van der Waals surface area contributed by atoms with Crippen molar-refractivity contribution in [3.05, 3.63) is 57.6 Å². The fourth-order valence-corrected chi connectivity index (χ4v) is 2.46. The van der Waals surface area contributed by atoms with Gasteiger partial charge in [0, 0.05) is 23.6 Å². The van der Waals surface area contributed by atoms with Crippen LogP contribution < -0.4 is 0 Å². The Balaban J connectivity index is 2.21. The van der Waals surface area contributed by atoms with Crippen LogP contribution in [-0.2, 0) is 12.4 Å². The average molecular weight is 418 g/mol. The van der Waals surface area contributed by atoms with Gasteiger partial charge in [-0.05, 0) is 49.2 Å². The highest BCUT2D eigenvalue weighted by molar-refractivity contribution is 5.86. The predicted octanol–water partition coefficient (Wildman–Crippen LogP) is 5.25. The lowest BCUT2D eigenvalue weighted by Gasteiger charge is -2.11. The van der Waals surface area contributed by atoms with Gasteiger partial charge in [0.15, 0.2) is 0 Å². The molecule has 0 aliphatic rings. The number of alkyl halides is 6. The largest absolute Gasteiger partial charge is 0.507 e. The van der Waals surface area contributed by atoms with E-state index in [9.17, 15) is 36.6 Å². The number of rotatable bonds is 4. The third-order valence-electron chi connectivity index (χ3n) is 3.94. The normalized spacial score (nSPS) is 13.0. The molecule has 29 heavy (non-hydrogen) atoms. The van der Waals surface area contributed by atoms with Crippen molar-refractivity contribution in [2.45, 2.75) is 26.2 Å². The topological polar surface area (TPSA) is 65.2 Å². The Morgan fingerprint density at radius 3 is 1.38 bits per heavy atom. The summed E-state index contributed by atoms with van der Waals surface area (Å²) < 4.78 is 77.1. The Hall–Kier alpha value is -3.04. The molecule has 0 atom stereocenters. The van der Waals surface area contributed by atoms with Crippen molar-refractivity contribution in [2.75, 3.05) is 6.67 Å². The Kier molecular flexibility index (Phi) is 6.24. The molecule has 0 radical (unpaired) electrons. The summed E-state index contributed by atoms with van der Waals surface area (Å²) in [6, 6.07) is 3.03. The highest BCUT2D eigenvalue weighted by Gasteiger charge is 2.32. The standard InChI is InChI=1S/C19H16F6N2O2/c1-10-3-14(18(20,21)22)5-12(16(10)28)7-26-9-27-8-13-6-15(19(23,24)25)4-11(2)17(13)29/h3-8,28-29H,9H2,1-2H3. The van der Waals surface area contributed by atoms with Crippen molar-refractivity contribution in [3.63, 3.8) is 0 Å². The van der Waals surface area contributed by atoms with Crippen LogP contribution in [0.2, 0.25) is 0 Å². The summed E-state index contributed by atoms with van der Waals surface area (Å²) in [6.07, 6.45) is -7.24. The number of phenolic OH excluding ortho intramolecular Hbond substituents is 2. The second kappa shape index (κ2) is 8.14. The summed E-state index contributed by atoms with van der Waals surface area (Å²) in [5, 5.41) is 19.7. The number of hydrogen-bond acceptors (Lipinski definition) is 4. The minimum atomic E-state index is -4.60. The molecule has 0 fully saturated rings. The van der Waals surface area contributed by atoms with Crippen LogP contribution in [0.25, 0.3) is 0 Å². The maximum atomic E-state index is 12.8. The van der Waals surface area contributed by atoms with Crippen LogP contribution >= 0.6 is 0 Å². The quantitative estimate of drug-likeness (QED) is 0.526. The molecular formula is C19H16F6N2O2. The molecule has 0 saturated heterocycles. The molecular weight excluding hydrogens is 402 g/mol. The summed E-state index contributed by atoms with van der Waals surface area (Å²) in [5.41, 5.74) is -2.25. The first-order chi connectivity index (χ1) is 13.3. The van der Waals surface area contributed by atoms with Crippen molar-refractivity contribution >= 4 is 12.4 Å². The fraction of sp³-hybridized carbons (Fsp3) is 0.263. The molecule has 0 bridgehead atoms. The smallest absolute Gasteiger partial charge is 0.416 e. The van der Waals surface area contributed by atoms with E-state index in [1.165, 1.54) is 13.8 Å². The first-order valence-corrected chi connectivity index (χ1v) is 8.12. The molecule has 2 aromatic carbocycles. The van der Waals surface area contributed by atoms with E-state index in [-0.39, 0.29) is 40.4 Å². The Morgan fingerprint density at radius 2 is 1.07 bits per heavy atom. The number of hydrogen-bond donors (Lipinski definition) is 2. The number of halogens is 6. The highest BCUT2D eigenvalue weighted by Crippen LogP contribution is 2.35. The first kappa shape index (κ1) is 22.3. The zero-order chi connectivity index (χ0) is 22.0. The molecule has 4 nitrogen and oxygen atoms in total. The van der Waals surface area contributed by atoms with Crippen LogP contribution in [-0.4, -0.2) is 29.3 Å². The maximum Gasteiger partial charge on any atom is 0.416 e. The zero-order valence-electron chi connectivity index (χ0n) is 15.2. The van der Waals surface area contributed by atoms with Gasteiger partial charge in [-0.25, -0.2) is 0 Å². The number of benzene rings is 2. The SMILES string of the molecule is Cc1cc(C(F)(F)F)cc(C=NCN=Cc2cc(C(F)(F)F)cc(C)c2O)c1O. The van der Waals surface area contributed by atoms with Crippen LogP contribution in [0.5, 0.6) is 11.5 Å². The molecule has 0 unspecified atom stereocenters. The van der Waals surface area contributed by atoms with E-state index >= 15 is 0 Å². The third kappa shape index (κ3) is 5.49. The third-order valence-corrected chi connectivity index (χ3v) is 3.94. The molecule has 2 rings (SSSR count). The Labute approximate surface area is 161 Å². The lowest BCUT2D eigenvalue weighted by Crippen LogP contribution is -2.06. The second-order valence-corrected chi connectivity index (χ2v) is 6.22. The van der Waals surface area contributed by atoms with Crippen molar-refractivity contribution < 1.29 is 36.6 Å². The van der Waals surface area contributed by atoms with E-state index in [4.69, 9.17) is 0 Å². The zero-order valence-corrected chi connectivity index (χ0v) is 15.2. The Morgan fingerprint density at radius 1 is 0.724 bits per heavy atom. The molecule has 0 aliphatic carbocycles. The molecule has 2 aromatic rings. The van der Waals surface area contributed by atoms with E-state index < -0.39 is 23.5 Å². The van der Waals surface area contributed by atoms with Crippen LogP contribution in [0.3, 0.4) is 0 Å². The monoisotopic (exact) mass is 418 g/mol. The predicted molar refractivity (Wildman–Crippen MR) is 95.7 cm³/mol. The van der Waals surface area contributed by atoms with Crippen LogP contribution in [0.4, 0.5) is 26.3 Å². The average Bonchev–Trinajstić information content (AvgIpc) is 2.59. The molecule has 10 heteroatoms. The number of nitrogens with zero attached hydrogens (tertiary/aromatic N) is 2. The van der Waals surface area contributed by atoms with Gasteiger partial charge in [-0.3, -0.25) is 9.98 Å². The van der Waals surface area contributed by atoms with E-state index in [0.717, 1.165) is 36.7 Å². The Bertz CT molecular complexity index is 885. The van der Waals surface area contributed by atoms with Crippen molar-refractivity contribution in [1.29, 1.82) is 0 Å². The van der Waals surface area contributed by atoms with Gasteiger partial charge in [-0.1, -0.05) is 0 Å². The van der Waals surface area contributed by atoms with Gasteiger partial charge in [0.2, 0.25) is 0 Å². The molecule has 0 spiro atoms. The lowest BCUT2D eigenvalue weighted by molar-refractivity contribution is -0.138. The number of phenols is 2. The van der Waals surface area contributed by atoms with Gasteiger partial charge in [0.25, 0.3) is 0 Å². The summed E-state index contributed by atoms with van der Waals surface area (Å²) in [7, 11) is 0. The number of aromatic hydroxyl groups is 2. The second-order valence-electron chi connectivity index (χ2n) is 6.22. The van der Waals surface area contributed by atoms with Gasteiger partial charge < -0.3 is 10.2 Å². The summed E-state index contributed by atoms with van der Waals surface area (Å²) in [4.78, 5) is 7.50. The summed E-state index contributed by atoms with van der Waals surface area (Å²) in [5.74, 6) is -0.756. The molecule has 0 saturated carbocycles. The van der Waals surface area contributed by atoms with E-state index in [2.05, 4.69) is 9.98 Å². The molecule has 0 aromatic heterocycles. The summed E-state index contributed by atoms with van der Waals surface area (Å²) in [6.45, 7) is 2.26. The van der Waals surface area contributed by atoms with Crippen molar-refractivity contribution in [3.8, 4) is 11.5 Å². The molecule has 156 valence electrons. The number of aryl methyl sites for hydroxylation is 2. The van der Waals surface area contributed by atoms with Gasteiger partial charge in [-0.15, -0.1) is 0 Å². The van der Waals surface area contributed by atoms with E-state index in [1.54, 1.807) is 0 Å². The van der Waals surface area contributed by atoms with E-state index in [0.29, 0.717) is 0 Å². The van der Waals surface area contributed by atoms with Gasteiger partial charge in [0.05, 0.1) is 11.1 Å². The lowest BCUT2D eigenvalue weighted by atomic mass is 10.1. The number of aliphatic imine (C=N–C) groups is 2. The molecule has 0 amide bonds. The van der Waals surface area contributed by atoms with Crippen LogP contribution in [0.15, 0.2) is 34.3 Å². The summed E-state index contributed by atoms with van der Waals surface area (Å²) >= 11 is 0. The minimum Gasteiger partial charge on any atom is -0.507 e. The molecule has 0 aliphatic heterocycles. The van der Waals surface area contributed by atoms with Gasteiger partial charge in [-0.2, -0.15) is 26.3 Å². The molecule has 0 heterocycles. The van der Waals surface area contributed by atoms with E-state index in [1.807, 2.05) is 0 Å². The fourth-order valence-electron chi connectivity index (χ4n) is 2.46.